The molecule has 1 aromatic carbocycles. The van der Waals surface area contributed by atoms with Gasteiger partial charge in [-0.05, 0) is 32.0 Å². The first-order valence-corrected chi connectivity index (χ1v) is 5.24. The van der Waals surface area contributed by atoms with Crippen LogP contribution in [-0.2, 0) is 9.53 Å². The minimum absolute atomic E-state index is 0.0851. The summed E-state index contributed by atoms with van der Waals surface area (Å²) in [5, 5.41) is 2.47. The van der Waals surface area contributed by atoms with Crippen molar-refractivity contribution in [1.82, 2.24) is 0 Å². The fourth-order valence-corrected chi connectivity index (χ4v) is 1.29. The van der Waals surface area contributed by atoms with Crippen LogP contribution in [0, 0.1) is 5.82 Å². The summed E-state index contributed by atoms with van der Waals surface area (Å²) in [5.41, 5.74) is 5.41. The maximum Gasteiger partial charge on any atom is 0.227 e. The molecule has 1 amide bonds. The number of amides is 1. The van der Waals surface area contributed by atoms with Gasteiger partial charge in [0.25, 0.3) is 0 Å². The third-order valence-electron chi connectivity index (χ3n) is 2.40. The fraction of sp³-hybridized carbons (Fsp3) is 0.417. The molecule has 0 radical (unpaired) electrons. The third kappa shape index (κ3) is 4.03. The molecule has 0 spiro atoms. The van der Waals surface area contributed by atoms with Crippen LogP contribution < -0.4 is 11.1 Å². The van der Waals surface area contributed by atoms with Crippen molar-refractivity contribution >= 4 is 17.3 Å². The molecule has 0 unspecified atom stereocenters. The van der Waals surface area contributed by atoms with Gasteiger partial charge in [-0.2, -0.15) is 0 Å². The zero-order chi connectivity index (χ0) is 13.1. The fourth-order valence-electron chi connectivity index (χ4n) is 1.29. The molecule has 1 rings (SSSR count). The molecule has 0 heterocycles. The van der Waals surface area contributed by atoms with Gasteiger partial charge in [-0.15, -0.1) is 0 Å². The summed E-state index contributed by atoms with van der Waals surface area (Å²) < 4.78 is 18.5. The normalized spacial score (nSPS) is 11.3. The summed E-state index contributed by atoms with van der Waals surface area (Å²) in [6.45, 7) is 3.56. The van der Waals surface area contributed by atoms with Crippen molar-refractivity contribution in [3.8, 4) is 0 Å². The Hall–Kier alpha value is -1.62. The van der Waals surface area contributed by atoms with Crippen LogP contribution in [0.4, 0.5) is 15.8 Å². The molecular formula is C12H17FN2O2. The SMILES string of the molecule is COC(C)(C)CC(=O)Nc1cc(N)ccc1F. The Morgan fingerprint density at radius 1 is 1.53 bits per heavy atom. The van der Waals surface area contributed by atoms with Gasteiger partial charge in [0.1, 0.15) is 5.82 Å². The Morgan fingerprint density at radius 3 is 2.76 bits per heavy atom. The van der Waals surface area contributed by atoms with Gasteiger partial charge in [0.2, 0.25) is 5.91 Å². The number of ether oxygens (including phenoxy) is 1. The zero-order valence-electron chi connectivity index (χ0n) is 10.2. The average molecular weight is 240 g/mol. The highest BCUT2D eigenvalue weighted by Crippen LogP contribution is 2.19. The first-order chi connectivity index (χ1) is 7.84. The minimum atomic E-state index is -0.582. The zero-order valence-corrected chi connectivity index (χ0v) is 10.2. The Morgan fingerprint density at radius 2 is 2.18 bits per heavy atom. The monoisotopic (exact) mass is 240 g/mol. The van der Waals surface area contributed by atoms with E-state index in [-0.39, 0.29) is 18.0 Å². The third-order valence-corrected chi connectivity index (χ3v) is 2.40. The van der Waals surface area contributed by atoms with Gasteiger partial charge in [0.15, 0.2) is 0 Å². The highest BCUT2D eigenvalue weighted by atomic mass is 19.1. The van der Waals surface area contributed by atoms with E-state index >= 15 is 0 Å². The van der Waals surface area contributed by atoms with E-state index < -0.39 is 11.4 Å². The standard InChI is InChI=1S/C12H17FN2O2/c1-12(2,17-3)7-11(16)15-10-6-8(14)4-5-9(10)13/h4-6H,7,14H2,1-3H3,(H,15,16). The molecule has 0 saturated carbocycles. The van der Waals surface area contributed by atoms with E-state index in [1.165, 1.54) is 25.3 Å². The van der Waals surface area contributed by atoms with Crippen LogP contribution >= 0.6 is 0 Å². The number of nitrogen functional groups attached to an aromatic ring is 1. The summed E-state index contributed by atoms with van der Waals surface area (Å²) in [7, 11) is 1.52. The number of benzene rings is 1. The molecule has 0 aromatic heterocycles. The first kappa shape index (κ1) is 13.4. The van der Waals surface area contributed by atoms with E-state index in [0.29, 0.717) is 5.69 Å². The minimum Gasteiger partial charge on any atom is -0.399 e. The van der Waals surface area contributed by atoms with E-state index in [1.54, 1.807) is 13.8 Å². The summed E-state index contributed by atoms with van der Waals surface area (Å²) in [5.74, 6) is -0.830. The lowest BCUT2D eigenvalue weighted by Gasteiger charge is -2.22. The topological polar surface area (TPSA) is 64.3 Å². The molecule has 0 bridgehead atoms. The maximum absolute atomic E-state index is 13.3. The van der Waals surface area contributed by atoms with Crippen LogP contribution in [0.2, 0.25) is 0 Å². The van der Waals surface area contributed by atoms with Crippen molar-refractivity contribution < 1.29 is 13.9 Å². The van der Waals surface area contributed by atoms with E-state index in [9.17, 15) is 9.18 Å². The Kier molecular flexibility index (Phi) is 4.07. The van der Waals surface area contributed by atoms with Gasteiger partial charge in [-0.25, -0.2) is 4.39 Å². The molecular weight excluding hydrogens is 223 g/mol. The van der Waals surface area contributed by atoms with E-state index in [4.69, 9.17) is 10.5 Å². The second-order valence-corrected chi connectivity index (χ2v) is 4.43. The number of nitrogens with two attached hydrogens (primary N) is 1. The number of nitrogens with one attached hydrogen (secondary N) is 1. The molecule has 17 heavy (non-hydrogen) atoms. The van der Waals surface area contributed by atoms with Gasteiger partial charge in [0, 0.05) is 12.8 Å². The molecule has 5 heteroatoms. The lowest BCUT2D eigenvalue weighted by Crippen LogP contribution is -2.29. The molecule has 0 aliphatic heterocycles. The molecule has 0 saturated heterocycles. The second-order valence-electron chi connectivity index (χ2n) is 4.43. The van der Waals surface area contributed by atoms with Gasteiger partial charge < -0.3 is 15.8 Å². The smallest absolute Gasteiger partial charge is 0.227 e. The number of halogens is 1. The Balaban J connectivity index is 2.71. The second kappa shape index (κ2) is 5.14. The highest BCUT2D eigenvalue weighted by Gasteiger charge is 2.21. The lowest BCUT2D eigenvalue weighted by atomic mass is 10.0. The van der Waals surface area contributed by atoms with Crippen molar-refractivity contribution in [3.05, 3.63) is 24.0 Å². The van der Waals surface area contributed by atoms with Crippen molar-refractivity contribution in [3.63, 3.8) is 0 Å². The Labute approximate surface area is 100.0 Å². The summed E-state index contributed by atoms with van der Waals surface area (Å²) in [6.07, 6.45) is 0.137. The number of carbonyl (C=O) groups is 1. The Bertz CT molecular complexity index is 419. The van der Waals surface area contributed by atoms with Crippen molar-refractivity contribution in [2.75, 3.05) is 18.2 Å². The molecule has 0 atom stereocenters. The van der Waals surface area contributed by atoms with Crippen LogP contribution in [0.1, 0.15) is 20.3 Å². The molecule has 3 N–H and O–H groups in total. The molecule has 1 aromatic rings. The van der Waals surface area contributed by atoms with Crippen LogP contribution in [0.5, 0.6) is 0 Å². The van der Waals surface area contributed by atoms with Gasteiger partial charge in [0.05, 0.1) is 17.7 Å². The van der Waals surface area contributed by atoms with Crippen LogP contribution in [0.3, 0.4) is 0 Å². The number of hydrogen-bond donors (Lipinski definition) is 2. The summed E-state index contributed by atoms with van der Waals surface area (Å²) in [4.78, 5) is 11.7. The average Bonchev–Trinajstić information content (AvgIpc) is 2.23. The van der Waals surface area contributed by atoms with Gasteiger partial charge >= 0.3 is 0 Å². The molecule has 4 nitrogen and oxygen atoms in total. The van der Waals surface area contributed by atoms with Crippen LogP contribution in [-0.4, -0.2) is 18.6 Å². The van der Waals surface area contributed by atoms with E-state index in [2.05, 4.69) is 5.32 Å². The van der Waals surface area contributed by atoms with Crippen molar-refractivity contribution in [2.45, 2.75) is 25.9 Å². The summed E-state index contributed by atoms with van der Waals surface area (Å²) >= 11 is 0. The predicted octanol–water partition coefficient (Wildman–Crippen LogP) is 2.16. The number of carbonyl (C=O) groups excluding carboxylic acids is 1. The van der Waals surface area contributed by atoms with Crippen molar-refractivity contribution in [2.24, 2.45) is 0 Å². The number of hydrogen-bond acceptors (Lipinski definition) is 3. The number of anilines is 2. The first-order valence-electron chi connectivity index (χ1n) is 5.24. The van der Waals surface area contributed by atoms with E-state index in [1.807, 2.05) is 0 Å². The largest absolute Gasteiger partial charge is 0.399 e. The summed E-state index contributed by atoms with van der Waals surface area (Å²) in [6, 6.07) is 4.03. The lowest BCUT2D eigenvalue weighted by molar-refractivity contribution is -0.121. The predicted molar refractivity (Wildman–Crippen MR) is 65.1 cm³/mol. The number of rotatable bonds is 4. The highest BCUT2D eigenvalue weighted by molar-refractivity contribution is 5.91. The molecule has 0 aliphatic rings. The quantitative estimate of drug-likeness (QED) is 0.793. The number of methoxy groups -OCH3 is 1. The molecule has 0 aliphatic carbocycles. The maximum atomic E-state index is 13.3. The molecule has 0 fully saturated rings. The van der Waals surface area contributed by atoms with Gasteiger partial charge in [-0.1, -0.05) is 0 Å². The van der Waals surface area contributed by atoms with E-state index in [0.717, 1.165) is 0 Å². The molecule has 94 valence electrons. The van der Waals surface area contributed by atoms with Crippen LogP contribution in [0.15, 0.2) is 18.2 Å². The van der Waals surface area contributed by atoms with Gasteiger partial charge in [-0.3, -0.25) is 4.79 Å². The van der Waals surface area contributed by atoms with Crippen LogP contribution in [0.25, 0.3) is 0 Å². The van der Waals surface area contributed by atoms with Crippen molar-refractivity contribution in [1.29, 1.82) is 0 Å².